The minimum atomic E-state index is -0.0857. The average Bonchev–Trinajstić information content (AvgIpc) is 3.13. The topological polar surface area (TPSA) is 74.9 Å². The van der Waals surface area contributed by atoms with Gasteiger partial charge in [-0.25, -0.2) is 4.99 Å². The van der Waals surface area contributed by atoms with Gasteiger partial charge >= 0.3 is 0 Å². The number of halogens is 1. The van der Waals surface area contributed by atoms with E-state index in [-0.39, 0.29) is 18.6 Å². The summed E-state index contributed by atoms with van der Waals surface area (Å²) in [6, 6.07) is 15.5. The Morgan fingerprint density at radius 2 is 2.03 bits per heavy atom. The van der Waals surface area contributed by atoms with Gasteiger partial charge in [-0.2, -0.15) is 5.26 Å². The fourth-order valence-electron chi connectivity index (χ4n) is 4.37. The molecule has 2 aromatic carbocycles. The zero-order valence-corrected chi connectivity index (χ0v) is 21.6. The van der Waals surface area contributed by atoms with Gasteiger partial charge in [-0.15, -0.1) is 0 Å². The molecule has 0 unspecified atom stereocenters. The maximum atomic E-state index is 13.7. The molecule has 0 aromatic heterocycles. The number of amides is 1. The summed E-state index contributed by atoms with van der Waals surface area (Å²) in [6.45, 7) is 2.14. The number of benzene rings is 2. The Bertz CT molecular complexity index is 1160. The van der Waals surface area contributed by atoms with Crippen molar-refractivity contribution in [2.75, 3.05) is 13.7 Å². The Labute approximate surface area is 212 Å². The average molecular weight is 540 g/mol. The molecule has 4 rings (SSSR count). The monoisotopic (exact) mass is 539 g/mol. The first-order valence-electron chi connectivity index (χ1n) is 11.3. The zero-order chi connectivity index (χ0) is 24.1. The molecule has 2 atom stereocenters. The van der Waals surface area contributed by atoms with Crippen LogP contribution in [0.1, 0.15) is 38.2 Å². The van der Waals surface area contributed by atoms with Crippen molar-refractivity contribution in [1.82, 2.24) is 4.90 Å². The number of para-hydroxylation sites is 1. The van der Waals surface area contributed by atoms with Crippen LogP contribution in [0.5, 0.6) is 11.5 Å². The lowest BCUT2D eigenvalue weighted by molar-refractivity contribution is -0.124. The van der Waals surface area contributed by atoms with Crippen LogP contribution in [0.2, 0.25) is 0 Å². The number of ether oxygens (including phenoxy) is 2. The van der Waals surface area contributed by atoms with Gasteiger partial charge in [0, 0.05) is 6.04 Å². The first kappa shape index (κ1) is 24.4. The standard InChI is InChI=1S/C26H26BrN3O3S/c1-17-8-6-7-11-21(17)30-25(31)23(34-26(30)29-19-9-4-3-5-10-19)16-18-14-20(27)24(33-13-12-28)22(15-18)32-2/h3-5,9-10,14-17,21H,6-8,11,13H2,1-2H3/b23-16-,29-26?/t17-,21-/m0/s1. The molecule has 1 aliphatic carbocycles. The third-order valence-corrected chi connectivity index (χ3v) is 7.62. The van der Waals surface area contributed by atoms with Crippen LogP contribution in [0, 0.1) is 17.2 Å². The summed E-state index contributed by atoms with van der Waals surface area (Å²) in [5.74, 6) is 1.35. The van der Waals surface area contributed by atoms with E-state index in [1.807, 2.05) is 53.4 Å². The summed E-state index contributed by atoms with van der Waals surface area (Å²) < 4.78 is 11.6. The molecule has 1 heterocycles. The normalized spacial score (nSPS) is 22.8. The Kier molecular flexibility index (Phi) is 7.96. The van der Waals surface area contributed by atoms with Crippen molar-refractivity contribution >= 4 is 50.5 Å². The molecule has 176 valence electrons. The highest BCUT2D eigenvalue weighted by atomic mass is 79.9. The van der Waals surface area contributed by atoms with E-state index in [0.29, 0.717) is 26.8 Å². The number of nitrogens with zero attached hydrogens (tertiary/aromatic N) is 3. The highest BCUT2D eigenvalue weighted by molar-refractivity contribution is 9.10. The van der Waals surface area contributed by atoms with Gasteiger partial charge in [0.25, 0.3) is 5.91 Å². The first-order chi connectivity index (χ1) is 16.5. The van der Waals surface area contributed by atoms with Gasteiger partial charge in [0.1, 0.15) is 6.07 Å². The van der Waals surface area contributed by atoms with Crippen LogP contribution in [0.25, 0.3) is 6.08 Å². The number of amidine groups is 1. The van der Waals surface area contributed by atoms with E-state index in [1.165, 1.54) is 18.2 Å². The fourth-order valence-corrected chi connectivity index (χ4v) is 5.99. The van der Waals surface area contributed by atoms with Crippen LogP contribution < -0.4 is 9.47 Å². The maximum absolute atomic E-state index is 13.7. The molecule has 6 nitrogen and oxygen atoms in total. The number of thioether (sulfide) groups is 1. The van der Waals surface area contributed by atoms with Crippen molar-refractivity contribution in [1.29, 1.82) is 5.26 Å². The summed E-state index contributed by atoms with van der Waals surface area (Å²) in [5.41, 5.74) is 1.62. The van der Waals surface area contributed by atoms with Crippen molar-refractivity contribution in [2.24, 2.45) is 10.9 Å². The van der Waals surface area contributed by atoms with E-state index in [9.17, 15) is 4.79 Å². The summed E-state index contributed by atoms with van der Waals surface area (Å²) in [6.07, 6.45) is 6.29. The maximum Gasteiger partial charge on any atom is 0.267 e. The van der Waals surface area contributed by atoms with Gasteiger partial charge in [-0.3, -0.25) is 9.69 Å². The van der Waals surface area contributed by atoms with Crippen LogP contribution >= 0.6 is 27.7 Å². The third-order valence-electron chi connectivity index (χ3n) is 6.05. The lowest BCUT2D eigenvalue weighted by Crippen LogP contribution is -2.44. The van der Waals surface area contributed by atoms with Crippen molar-refractivity contribution in [2.45, 2.75) is 38.6 Å². The van der Waals surface area contributed by atoms with E-state index in [4.69, 9.17) is 19.7 Å². The van der Waals surface area contributed by atoms with Crippen molar-refractivity contribution < 1.29 is 14.3 Å². The number of nitriles is 1. The molecule has 0 bridgehead atoms. The third kappa shape index (κ3) is 5.31. The summed E-state index contributed by atoms with van der Waals surface area (Å²) in [4.78, 5) is 21.0. The molecule has 1 amide bonds. The van der Waals surface area contributed by atoms with Crippen LogP contribution in [0.15, 0.2) is 56.8 Å². The molecule has 2 aromatic rings. The predicted molar refractivity (Wildman–Crippen MR) is 139 cm³/mol. The van der Waals surface area contributed by atoms with Crippen LogP contribution in [-0.4, -0.2) is 35.7 Å². The molecule has 2 fully saturated rings. The fraction of sp³-hybridized carbons (Fsp3) is 0.346. The van der Waals surface area contributed by atoms with Crippen molar-refractivity contribution in [3.63, 3.8) is 0 Å². The minimum Gasteiger partial charge on any atom is -0.493 e. The SMILES string of the molecule is COc1cc(/C=C2\SC(=Nc3ccccc3)N([C@H]3CCCC[C@@H]3C)C2=O)cc(Br)c1OCC#N. The molecular weight excluding hydrogens is 514 g/mol. The van der Waals surface area contributed by atoms with Crippen LogP contribution in [-0.2, 0) is 4.79 Å². The van der Waals surface area contributed by atoms with Gasteiger partial charge in [0.05, 0.1) is 22.2 Å². The molecule has 0 N–H and O–H groups in total. The van der Waals surface area contributed by atoms with Gasteiger partial charge < -0.3 is 9.47 Å². The van der Waals surface area contributed by atoms with Gasteiger partial charge in [-0.05, 0) is 82.4 Å². The van der Waals surface area contributed by atoms with E-state index in [2.05, 4.69) is 22.9 Å². The van der Waals surface area contributed by atoms with Gasteiger partial charge in [0.15, 0.2) is 23.3 Å². The van der Waals surface area contributed by atoms with E-state index < -0.39 is 0 Å². The summed E-state index contributed by atoms with van der Waals surface area (Å²) in [7, 11) is 1.55. The van der Waals surface area contributed by atoms with Crippen LogP contribution in [0.3, 0.4) is 0 Å². The number of hydrogen-bond acceptors (Lipinski definition) is 6. The Morgan fingerprint density at radius 3 is 2.74 bits per heavy atom. The Morgan fingerprint density at radius 1 is 1.26 bits per heavy atom. The smallest absolute Gasteiger partial charge is 0.267 e. The summed E-state index contributed by atoms with van der Waals surface area (Å²) in [5, 5.41) is 9.56. The first-order valence-corrected chi connectivity index (χ1v) is 12.9. The van der Waals surface area contributed by atoms with E-state index >= 15 is 0 Å². The largest absolute Gasteiger partial charge is 0.493 e. The lowest BCUT2D eigenvalue weighted by Gasteiger charge is -2.35. The Hall–Kier alpha value is -2.76. The second-order valence-electron chi connectivity index (χ2n) is 8.33. The number of methoxy groups -OCH3 is 1. The predicted octanol–water partition coefficient (Wildman–Crippen LogP) is 6.54. The number of carbonyl (C=O) groups excluding carboxylic acids is 1. The molecule has 1 saturated heterocycles. The highest BCUT2D eigenvalue weighted by Gasteiger charge is 2.41. The number of carbonyl (C=O) groups is 1. The lowest BCUT2D eigenvalue weighted by atomic mass is 9.85. The zero-order valence-electron chi connectivity index (χ0n) is 19.2. The molecule has 8 heteroatoms. The number of rotatable bonds is 6. The van der Waals surface area contributed by atoms with E-state index in [1.54, 1.807) is 13.2 Å². The summed E-state index contributed by atoms with van der Waals surface area (Å²) >= 11 is 4.91. The molecular formula is C26H26BrN3O3S. The second-order valence-corrected chi connectivity index (χ2v) is 10.2. The second kappa shape index (κ2) is 11.1. The number of aliphatic imine (C=N–C) groups is 1. The molecule has 1 aliphatic heterocycles. The van der Waals surface area contributed by atoms with Crippen LogP contribution in [0.4, 0.5) is 5.69 Å². The molecule has 2 aliphatic rings. The molecule has 0 radical (unpaired) electrons. The van der Waals surface area contributed by atoms with E-state index in [0.717, 1.165) is 35.7 Å². The molecule has 0 spiro atoms. The molecule has 34 heavy (non-hydrogen) atoms. The Balaban J connectivity index is 1.71. The van der Waals surface area contributed by atoms with Gasteiger partial charge in [-0.1, -0.05) is 38.0 Å². The highest BCUT2D eigenvalue weighted by Crippen LogP contribution is 2.42. The quantitative estimate of drug-likeness (QED) is 0.389. The van der Waals surface area contributed by atoms with Crippen molar-refractivity contribution in [3.05, 3.63) is 57.4 Å². The minimum absolute atomic E-state index is 0.0154. The van der Waals surface area contributed by atoms with Gasteiger partial charge in [0.2, 0.25) is 0 Å². The molecule has 1 saturated carbocycles. The number of hydrogen-bond donors (Lipinski definition) is 0. The van der Waals surface area contributed by atoms with Crippen molar-refractivity contribution in [3.8, 4) is 17.6 Å².